The predicted molar refractivity (Wildman–Crippen MR) is 108 cm³/mol. The van der Waals surface area contributed by atoms with Crippen LogP contribution in [0.1, 0.15) is 11.1 Å². The third kappa shape index (κ3) is 5.35. The zero-order valence-corrected chi connectivity index (χ0v) is 16.3. The quantitative estimate of drug-likeness (QED) is 0.342. The van der Waals surface area contributed by atoms with E-state index in [1.807, 2.05) is 0 Å². The van der Waals surface area contributed by atoms with Gasteiger partial charge in [-0.15, -0.1) is 5.10 Å². The average Bonchev–Trinajstić information content (AvgIpc) is 3.07. The molecule has 10 heteroatoms. The molecule has 1 N–H and O–H groups in total. The van der Waals surface area contributed by atoms with E-state index in [2.05, 4.69) is 20.3 Å². The molecule has 1 aliphatic heterocycles. The number of benzene rings is 2. The van der Waals surface area contributed by atoms with Gasteiger partial charge in [-0.2, -0.15) is 18.3 Å². The zero-order chi connectivity index (χ0) is 21.7. The molecule has 2 aromatic rings. The summed E-state index contributed by atoms with van der Waals surface area (Å²) in [7, 11) is 1.20. The molecule has 154 valence electrons. The lowest BCUT2D eigenvalue weighted by Crippen LogP contribution is -2.19. The van der Waals surface area contributed by atoms with Crippen molar-refractivity contribution in [3.8, 4) is 11.1 Å². The van der Waals surface area contributed by atoms with Crippen molar-refractivity contribution in [2.45, 2.75) is 6.18 Å². The highest BCUT2D eigenvalue weighted by atomic mass is 32.2. The van der Waals surface area contributed by atoms with Gasteiger partial charge in [-0.25, -0.2) is 4.79 Å². The first-order valence-electron chi connectivity index (χ1n) is 8.44. The van der Waals surface area contributed by atoms with Crippen molar-refractivity contribution < 1.29 is 27.5 Å². The van der Waals surface area contributed by atoms with Gasteiger partial charge in [0.15, 0.2) is 5.17 Å². The number of amides is 1. The van der Waals surface area contributed by atoms with E-state index in [1.165, 1.54) is 19.4 Å². The largest absolute Gasteiger partial charge is 0.466 e. The van der Waals surface area contributed by atoms with Crippen LogP contribution < -0.4 is 5.32 Å². The highest BCUT2D eigenvalue weighted by Gasteiger charge is 2.30. The van der Waals surface area contributed by atoms with Crippen LogP contribution in [0.3, 0.4) is 0 Å². The first-order valence-corrected chi connectivity index (χ1v) is 9.25. The molecule has 0 atom stereocenters. The summed E-state index contributed by atoms with van der Waals surface area (Å²) in [5, 5.41) is 10.4. The maximum absolute atomic E-state index is 12.9. The molecule has 0 radical (unpaired) electrons. The van der Waals surface area contributed by atoms with Crippen LogP contribution in [0.15, 0.2) is 69.7 Å². The minimum atomic E-state index is -4.40. The van der Waals surface area contributed by atoms with Crippen molar-refractivity contribution in [2.75, 3.05) is 7.11 Å². The van der Waals surface area contributed by atoms with Gasteiger partial charge in [-0.05, 0) is 40.6 Å². The lowest BCUT2D eigenvalue weighted by atomic mass is 10.0. The lowest BCUT2D eigenvalue weighted by Gasteiger charge is -2.09. The van der Waals surface area contributed by atoms with Crippen LogP contribution >= 0.6 is 11.8 Å². The Balaban J connectivity index is 1.69. The van der Waals surface area contributed by atoms with Crippen molar-refractivity contribution in [1.29, 1.82) is 0 Å². The van der Waals surface area contributed by atoms with Crippen LogP contribution in [0.5, 0.6) is 0 Å². The van der Waals surface area contributed by atoms with E-state index in [1.54, 1.807) is 30.3 Å². The number of hydrogen-bond donors (Lipinski definition) is 1. The monoisotopic (exact) mass is 433 g/mol. The Morgan fingerprint density at radius 2 is 1.87 bits per heavy atom. The van der Waals surface area contributed by atoms with Crippen molar-refractivity contribution in [3.05, 3.63) is 70.6 Å². The van der Waals surface area contributed by atoms with E-state index in [4.69, 9.17) is 0 Å². The summed E-state index contributed by atoms with van der Waals surface area (Å²) in [4.78, 5) is 23.1. The van der Waals surface area contributed by atoms with Crippen molar-refractivity contribution in [2.24, 2.45) is 10.2 Å². The molecule has 0 aliphatic carbocycles. The predicted octanol–water partition coefficient (Wildman–Crippen LogP) is 3.98. The number of methoxy groups -OCH3 is 1. The minimum absolute atomic E-state index is 0.140. The molecule has 30 heavy (non-hydrogen) atoms. The Labute approximate surface area is 173 Å². The van der Waals surface area contributed by atoms with Gasteiger partial charge in [-0.3, -0.25) is 10.1 Å². The Bertz CT molecular complexity index is 1060. The van der Waals surface area contributed by atoms with Gasteiger partial charge in [0, 0.05) is 6.08 Å². The zero-order valence-electron chi connectivity index (χ0n) is 15.4. The van der Waals surface area contributed by atoms with Gasteiger partial charge in [-0.1, -0.05) is 36.4 Å². The Kier molecular flexibility index (Phi) is 6.36. The van der Waals surface area contributed by atoms with Gasteiger partial charge in [0.25, 0.3) is 5.91 Å². The fraction of sp³-hybridized carbons (Fsp3) is 0.100. The third-order valence-electron chi connectivity index (χ3n) is 3.89. The maximum atomic E-state index is 12.9. The van der Waals surface area contributed by atoms with Gasteiger partial charge in [0.05, 0.1) is 23.8 Å². The summed E-state index contributed by atoms with van der Waals surface area (Å²) in [5.41, 5.74) is 1.03. The first kappa shape index (κ1) is 21.3. The highest BCUT2D eigenvalue weighted by molar-refractivity contribution is 8.18. The van der Waals surface area contributed by atoms with E-state index >= 15 is 0 Å². The Morgan fingerprint density at radius 3 is 2.53 bits per heavy atom. The summed E-state index contributed by atoms with van der Waals surface area (Å²) < 4.78 is 43.0. The van der Waals surface area contributed by atoms with Gasteiger partial charge in [0.1, 0.15) is 0 Å². The number of halogens is 3. The van der Waals surface area contributed by atoms with E-state index in [-0.39, 0.29) is 10.1 Å². The minimum Gasteiger partial charge on any atom is -0.466 e. The van der Waals surface area contributed by atoms with Crippen molar-refractivity contribution in [3.63, 3.8) is 0 Å². The molecular formula is C20H14F3N3O3S. The first-order chi connectivity index (χ1) is 14.3. The summed E-state index contributed by atoms with van der Waals surface area (Å²) in [6, 6.07) is 11.8. The number of hydrogen-bond acceptors (Lipinski definition) is 6. The lowest BCUT2D eigenvalue weighted by molar-refractivity contribution is -0.137. The molecule has 0 bridgehead atoms. The molecule has 2 aromatic carbocycles. The SMILES string of the molecule is COC(=O)/C=C1/S/C(=N\N=Cc2ccc(-c3cccc(C(F)(F)F)c3)cc2)NC1=O. The average molecular weight is 433 g/mol. The molecule has 0 unspecified atom stereocenters. The summed E-state index contributed by atoms with van der Waals surface area (Å²) >= 11 is 0.945. The fourth-order valence-corrected chi connectivity index (χ4v) is 3.16. The van der Waals surface area contributed by atoms with Gasteiger partial charge >= 0.3 is 12.1 Å². The standard InChI is InChI=1S/C20H14F3N3O3S/c1-29-17(27)10-16-18(28)25-19(30-16)26-24-11-12-5-7-13(8-6-12)14-3-2-4-15(9-14)20(21,22)23/h2-11H,1H3,(H,25,26,28)/b16-10+,24-11?. The van der Waals surface area contributed by atoms with Crippen molar-refractivity contribution in [1.82, 2.24) is 5.32 Å². The molecule has 1 heterocycles. The second-order valence-electron chi connectivity index (χ2n) is 5.94. The smallest absolute Gasteiger partial charge is 0.416 e. The van der Waals surface area contributed by atoms with E-state index in [9.17, 15) is 22.8 Å². The Morgan fingerprint density at radius 1 is 1.13 bits per heavy atom. The second kappa shape index (κ2) is 8.95. The number of ether oxygens (including phenoxy) is 1. The number of rotatable bonds is 4. The summed E-state index contributed by atoms with van der Waals surface area (Å²) in [6.07, 6.45) is -1.92. The summed E-state index contributed by atoms with van der Waals surface area (Å²) in [5.74, 6) is -1.14. The number of nitrogens with zero attached hydrogens (tertiary/aromatic N) is 2. The van der Waals surface area contributed by atoms with Crippen molar-refractivity contribution >= 4 is 35.0 Å². The number of amidine groups is 1. The van der Waals surface area contributed by atoms with Crippen LogP contribution in [0.25, 0.3) is 11.1 Å². The molecule has 0 aromatic heterocycles. The molecule has 1 amide bonds. The van der Waals surface area contributed by atoms with Gasteiger partial charge < -0.3 is 4.74 Å². The van der Waals surface area contributed by atoms with Crippen LogP contribution in [0.2, 0.25) is 0 Å². The molecule has 3 rings (SSSR count). The van der Waals surface area contributed by atoms with Crippen LogP contribution in [-0.2, 0) is 20.5 Å². The second-order valence-corrected chi connectivity index (χ2v) is 6.97. The van der Waals surface area contributed by atoms with Crippen LogP contribution in [0.4, 0.5) is 13.2 Å². The summed E-state index contributed by atoms with van der Waals surface area (Å²) in [6.45, 7) is 0. The molecule has 6 nitrogen and oxygen atoms in total. The molecule has 1 aliphatic rings. The number of nitrogens with one attached hydrogen (secondary N) is 1. The number of carbonyl (C=O) groups excluding carboxylic acids is 2. The molecule has 1 fully saturated rings. The Hall–Kier alpha value is -3.40. The fourth-order valence-electron chi connectivity index (χ4n) is 2.43. The molecule has 0 spiro atoms. The normalized spacial score (nSPS) is 17.0. The highest BCUT2D eigenvalue weighted by Crippen LogP contribution is 2.32. The maximum Gasteiger partial charge on any atom is 0.416 e. The third-order valence-corrected chi connectivity index (χ3v) is 4.79. The van der Waals surface area contributed by atoms with Crippen LogP contribution in [-0.4, -0.2) is 30.4 Å². The molecular weight excluding hydrogens is 419 g/mol. The van der Waals surface area contributed by atoms with E-state index in [0.29, 0.717) is 16.7 Å². The van der Waals surface area contributed by atoms with Crippen LogP contribution in [0, 0.1) is 0 Å². The van der Waals surface area contributed by atoms with Gasteiger partial charge in [0.2, 0.25) is 0 Å². The molecule has 0 saturated carbocycles. The topological polar surface area (TPSA) is 80.1 Å². The number of esters is 1. The number of carbonyl (C=O) groups is 2. The molecule has 1 saturated heterocycles. The van der Waals surface area contributed by atoms with E-state index in [0.717, 1.165) is 30.0 Å². The number of thioether (sulfide) groups is 1. The van der Waals surface area contributed by atoms with E-state index < -0.39 is 23.6 Å². The number of alkyl halides is 3.